The molecule has 0 saturated carbocycles. The van der Waals surface area contributed by atoms with Crippen molar-refractivity contribution in [2.75, 3.05) is 12.1 Å². The summed E-state index contributed by atoms with van der Waals surface area (Å²) in [5.74, 6) is 0.606. The highest BCUT2D eigenvalue weighted by Gasteiger charge is 2.22. The molecule has 0 spiro atoms. The zero-order chi connectivity index (χ0) is 20.9. The van der Waals surface area contributed by atoms with Gasteiger partial charge in [0.1, 0.15) is 18.1 Å². The van der Waals surface area contributed by atoms with Crippen molar-refractivity contribution in [2.45, 2.75) is 19.8 Å². The summed E-state index contributed by atoms with van der Waals surface area (Å²) in [5, 5.41) is 14.4. The van der Waals surface area contributed by atoms with E-state index in [0.717, 1.165) is 5.76 Å². The molecule has 4 rings (SSSR count). The van der Waals surface area contributed by atoms with E-state index in [-0.39, 0.29) is 25.7 Å². The van der Waals surface area contributed by atoms with Gasteiger partial charge in [-0.15, -0.1) is 0 Å². The van der Waals surface area contributed by atoms with Crippen molar-refractivity contribution in [3.8, 4) is 5.75 Å². The van der Waals surface area contributed by atoms with Gasteiger partial charge in [0, 0.05) is 28.9 Å². The molecule has 1 aromatic heterocycles. The normalized spacial score (nSPS) is 12.5. The third kappa shape index (κ3) is 4.26. The maximum absolute atomic E-state index is 12.7. The van der Waals surface area contributed by atoms with Crippen LogP contribution in [-0.4, -0.2) is 17.7 Å². The maximum atomic E-state index is 12.7. The van der Waals surface area contributed by atoms with E-state index in [1.54, 1.807) is 36.6 Å². The average Bonchev–Trinajstić information content (AvgIpc) is 3.29. The molecule has 0 atom stereocenters. The zero-order valence-electron chi connectivity index (χ0n) is 15.8. The third-order valence-corrected chi connectivity index (χ3v) is 4.52. The summed E-state index contributed by atoms with van der Waals surface area (Å²) in [6.45, 7) is 0.460. The molecule has 0 radical (unpaired) electrons. The van der Waals surface area contributed by atoms with Crippen molar-refractivity contribution in [3.05, 3.63) is 87.4 Å². The number of fused-ring (bicyclic) bond motifs is 1. The van der Waals surface area contributed by atoms with Crippen LogP contribution in [0.2, 0.25) is 0 Å². The Bertz CT molecular complexity index is 1060. The van der Waals surface area contributed by atoms with Crippen LogP contribution in [0.4, 0.5) is 11.4 Å². The fourth-order valence-corrected chi connectivity index (χ4v) is 3.13. The fraction of sp³-hybridized carbons (Fsp3) is 0.190. The van der Waals surface area contributed by atoms with Gasteiger partial charge in [0.25, 0.3) is 5.69 Å². The lowest BCUT2D eigenvalue weighted by atomic mass is 10.1. The molecule has 1 aliphatic rings. The first kappa shape index (κ1) is 19.5. The van der Waals surface area contributed by atoms with E-state index in [0.29, 0.717) is 34.7 Å². The van der Waals surface area contributed by atoms with Gasteiger partial charge in [-0.3, -0.25) is 10.1 Å². The number of hydrogen-bond donors (Lipinski definition) is 1. The van der Waals surface area contributed by atoms with Gasteiger partial charge in [-0.2, -0.15) is 0 Å². The summed E-state index contributed by atoms with van der Waals surface area (Å²) < 4.78 is 21.4. The second kappa shape index (κ2) is 8.66. The molecule has 0 fully saturated rings. The molecule has 0 bridgehead atoms. The molecule has 0 saturated heterocycles. The minimum absolute atomic E-state index is 0.0330. The van der Waals surface area contributed by atoms with Gasteiger partial charge in [0.2, 0.25) is 0 Å². The number of nitrogens with one attached hydrogen (secondary N) is 1. The summed E-state index contributed by atoms with van der Waals surface area (Å²) in [7, 11) is 0. The van der Waals surface area contributed by atoms with Crippen molar-refractivity contribution in [1.29, 1.82) is 0 Å². The number of non-ortho nitro benzene ring substituents is 1. The first-order valence-corrected chi connectivity index (χ1v) is 9.15. The van der Waals surface area contributed by atoms with E-state index in [9.17, 15) is 14.9 Å². The van der Waals surface area contributed by atoms with Crippen LogP contribution >= 0.6 is 0 Å². The van der Waals surface area contributed by atoms with Gasteiger partial charge in [-0.25, -0.2) is 4.79 Å². The Labute approximate surface area is 171 Å². The number of benzene rings is 2. The molecule has 2 heterocycles. The molecule has 9 nitrogen and oxygen atoms in total. The number of nitro groups is 1. The monoisotopic (exact) mass is 410 g/mol. The van der Waals surface area contributed by atoms with Crippen LogP contribution in [0.5, 0.6) is 5.75 Å². The van der Waals surface area contributed by atoms with Crippen LogP contribution in [0.1, 0.15) is 27.2 Å². The van der Waals surface area contributed by atoms with Crippen LogP contribution in [0.15, 0.2) is 59.2 Å². The topological polar surface area (TPSA) is 113 Å². The van der Waals surface area contributed by atoms with Crippen molar-refractivity contribution >= 4 is 17.3 Å². The Kier molecular flexibility index (Phi) is 5.62. The Morgan fingerprint density at radius 3 is 2.87 bits per heavy atom. The quantitative estimate of drug-likeness (QED) is 0.353. The number of ether oxygens (including phenoxy) is 3. The predicted molar refractivity (Wildman–Crippen MR) is 105 cm³/mol. The number of furan rings is 1. The van der Waals surface area contributed by atoms with Gasteiger partial charge >= 0.3 is 5.97 Å². The molecule has 30 heavy (non-hydrogen) atoms. The van der Waals surface area contributed by atoms with Gasteiger partial charge in [0.15, 0.2) is 6.79 Å². The number of hydrogen-bond acceptors (Lipinski definition) is 8. The first-order valence-electron chi connectivity index (χ1n) is 9.15. The highest BCUT2D eigenvalue weighted by molar-refractivity contribution is 5.95. The van der Waals surface area contributed by atoms with Crippen molar-refractivity contribution in [3.63, 3.8) is 0 Å². The highest BCUT2D eigenvalue weighted by Crippen LogP contribution is 2.33. The largest absolute Gasteiger partial charge is 0.467 e. The summed E-state index contributed by atoms with van der Waals surface area (Å²) in [6, 6.07) is 13.3. The van der Waals surface area contributed by atoms with E-state index in [2.05, 4.69) is 5.32 Å². The summed E-state index contributed by atoms with van der Waals surface area (Å²) in [6.07, 6.45) is 1.57. The molecule has 9 heteroatoms. The van der Waals surface area contributed by atoms with E-state index in [4.69, 9.17) is 18.6 Å². The van der Waals surface area contributed by atoms with Gasteiger partial charge in [-0.05, 0) is 24.3 Å². The molecule has 0 aliphatic carbocycles. The second-order valence-electron chi connectivity index (χ2n) is 6.52. The number of esters is 1. The zero-order valence-corrected chi connectivity index (χ0v) is 15.8. The van der Waals surface area contributed by atoms with Crippen LogP contribution in [0.3, 0.4) is 0 Å². The van der Waals surface area contributed by atoms with E-state index in [1.165, 1.54) is 12.1 Å². The number of carbonyl (C=O) groups excluding carboxylic acids is 1. The van der Waals surface area contributed by atoms with Crippen molar-refractivity contribution < 1.29 is 28.3 Å². The second-order valence-corrected chi connectivity index (χ2v) is 6.52. The molecule has 1 N–H and O–H groups in total. The SMILES string of the molecule is O=C(OCc1cc([N+](=O)[O-])cc2c1OCOC2)c1ccccc1NCc1ccco1. The molecule has 154 valence electrons. The number of para-hydroxylation sites is 1. The van der Waals surface area contributed by atoms with Crippen molar-refractivity contribution in [2.24, 2.45) is 0 Å². The standard InChI is InChI=1S/C21H18N2O7/c24-21(18-5-1-2-6-19(18)22-10-17-4-3-7-28-17)29-12-15-9-16(23(25)26)8-14-11-27-13-30-20(14)15/h1-9,22H,10-13H2. The summed E-state index contributed by atoms with van der Waals surface area (Å²) in [4.78, 5) is 23.4. The number of anilines is 1. The van der Waals surface area contributed by atoms with Crippen LogP contribution < -0.4 is 10.1 Å². The fourth-order valence-electron chi connectivity index (χ4n) is 3.13. The third-order valence-electron chi connectivity index (χ3n) is 4.52. The highest BCUT2D eigenvalue weighted by atomic mass is 16.7. The number of nitrogens with zero attached hydrogens (tertiary/aromatic N) is 1. The number of carbonyl (C=O) groups is 1. The molecule has 0 unspecified atom stereocenters. The molecular weight excluding hydrogens is 392 g/mol. The lowest BCUT2D eigenvalue weighted by Gasteiger charge is -2.20. The van der Waals surface area contributed by atoms with Gasteiger partial charge < -0.3 is 23.9 Å². The van der Waals surface area contributed by atoms with Gasteiger partial charge in [-0.1, -0.05) is 12.1 Å². The minimum Gasteiger partial charge on any atom is -0.467 e. The van der Waals surface area contributed by atoms with Crippen LogP contribution in [0.25, 0.3) is 0 Å². The Morgan fingerprint density at radius 2 is 2.07 bits per heavy atom. The predicted octanol–water partition coefficient (Wildman–Crippen LogP) is 4.02. The van der Waals surface area contributed by atoms with E-state index in [1.807, 2.05) is 6.07 Å². The van der Waals surface area contributed by atoms with Crippen molar-refractivity contribution in [1.82, 2.24) is 0 Å². The van der Waals surface area contributed by atoms with E-state index < -0.39 is 10.9 Å². The average molecular weight is 410 g/mol. The Morgan fingerprint density at radius 1 is 1.20 bits per heavy atom. The number of rotatable bonds is 7. The van der Waals surface area contributed by atoms with Crippen LogP contribution in [-0.2, 0) is 29.2 Å². The molecular formula is C21H18N2O7. The molecule has 3 aromatic rings. The summed E-state index contributed by atoms with van der Waals surface area (Å²) >= 11 is 0. The number of nitro benzene ring substituents is 1. The van der Waals surface area contributed by atoms with Crippen LogP contribution in [0, 0.1) is 10.1 Å². The maximum Gasteiger partial charge on any atom is 0.340 e. The lowest BCUT2D eigenvalue weighted by molar-refractivity contribution is -0.385. The minimum atomic E-state index is -0.565. The Hall–Kier alpha value is -3.85. The molecule has 2 aromatic carbocycles. The van der Waals surface area contributed by atoms with Gasteiger partial charge in [0.05, 0.1) is 29.9 Å². The molecule has 1 aliphatic heterocycles. The lowest BCUT2D eigenvalue weighted by Crippen LogP contribution is -2.15. The summed E-state index contributed by atoms with van der Waals surface area (Å²) in [5.41, 5.74) is 1.77. The Balaban J connectivity index is 1.50. The van der Waals surface area contributed by atoms with E-state index >= 15 is 0 Å². The molecule has 0 amide bonds. The smallest absolute Gasteiger partial charge is 0.340 e. The first-order chi connectivity index (χ1) is 14.6.